The van der Waals surface area contributed by atoms with E-state index < -0.39 is 6.10 Å². The van der Waals surface area contributed by atoms with Crippen LogP contribution in [0.25, 0.3) is 0 Å². The molecule has 0 radical (unpaired) electrons. The second-order valence-electron chi connectivity index (χ2n) is 5.25. The Bertz CT molecular complexity index is 495. The Morgan fingerprint density at radius 2 is 2.06 bits per heavy atom. The molecule has 1 amide bonds. The molecule has 3 nitrogen and oxygen atoms in total. The normalized spacial score (nSPS) is 20.9. The van der Waals surface area contributed by atoms with Gasteiger partial charge in [0, 0.05) is 10.7 Å². The molecule has 2 aliphatic rings. The number of anilines is 1. The number of amides is 1. The molecule has 1 aromatic rings. The smallest absolute Gasteiger partial charge is 0.228 e. The third-order valence-corrected chi connectivity index (χ3v) is 4.34. The van der Waals surface area contributed by atoms with E-state index in [-0.39, 0.29) is 5.91 Å². The molecule has 96 valence electrons. The molecular formula is C14H16ClNO2. The summed E-state index contributed by atoms with van der Waals surface area (Å²) in [6.07, 6.45) is 4.38. The van der Waals surface area contributed by atoms with Gasteiger partial charge in [0.25, 0.3) is 0 Å². The average Bonchev–Trinajstić information content (AvgIpc) is 2.94. The number of halogens is 1. The van der Waals surface area contributed by atoms with E-state index in [1.54, 1.807) is 6.07 Å². The van der Waals surface area contributed by atoms with Gasteiger partial charge in [-0.15, -0.1) is 0 Å². The zero-order chi connectivity index (χ0) is 12.7. The number of carbonyl (C=O) groups excluding carboxylic acids is 1. The van der Waals surface area contributed by atoms with Crippen LogP contribution in [0.5, 0.6) is 0 Å². The molecule has 18 heavy (non-hydrogen) atoms. The molecule has 0 aromatic heterocycles. The van der Waals surface area contributed by atoms with Gasteiger partial charge in [-0.2, -0.15) is 0 Å². The summed E-state index contributed by atoms with van der Waals surface area (Å²) in [5.41, 5.74) is 2.50. The quantitative estimate of drug-likeness (QED) is 0.863. The SMILES string of the molecule is O=C1Cc2cc(C(O)C3CCCC3)c(Cl)cc2N1. The fraction of sp³-hybridized carbons (Fsp3) is 0.500. The van der Waals surface area contributed by atoms with Crippen molar-refractivity contribution in [2.45, 2.75) is 38.2 Å². The van der Waals surface area contributed by atoms with Gasteiger partial charge < -0.3 is 10.4 Å². The first-order valence-electron chi connectivity index (χ1n) is 6.45. The van der Waals surface area contributed by atoms with E-state index >= 15 is 0 Å². The lowest BCUT2D eigenvalue weighted by Crippen LogP contribution is -2.09. The number of hydrogen-bond acceptors (Lipinski definition) is 2. The van der Waals surface area contributed by atoms with E-state index in [4.69, 9.17) is 11.6 Å². The Hall–Kier alpha value is -1.06. The number of aliphatic hydroxyl groups is 1. The molecule has 1 aliphatic heterocycles. The Morgan fingerprint density at radius 1 is 1.33 bits per heavy atom. The van der Waals surface area contributed by atoms with Crippen LogP contribution in [0.4, 0.5) is 5.69 Å². The first-order valence-corrected chi connectivity index (χ1v) is 6.83. The van der Waals surface area contributed by atoms with Gasteiger partial charge in [-0.25, -0.2) is 0 Å². The predicted octanol–water partition coefficient (Wildman–Crippen LogP) is 3.06. The van der Waals surface area contributed by atoms with Crippen molar-refractivity contribution in [2.75, 3.05) is 5.32 Å². The lowest BCUT2D eigenvalue weighted by atomic mass is 9.93. The molecule has 1 aromatic carbocycles. The van der Waals surface area contributed by atoms with Gasteiger partial charge in [-0.1, -0.05) is 24.4 Å². The third-order valence-electron chi connectivity index (χ3n) is 4.01. The van der Waals surface area contributed by atoms with Crippen LogP contribution in [0.2, 0.25) is 5.02 Å². The number of benzene rings is 1. The summed E-state index contributed by atoms with van der Waals surface area (Å²) in [7, 11) is 0. The molecule has 3 rings (SSSR count). The number of aliphatic hydroxyl groups excluding tert-OH is 1. The summed E-state index contributed by atoms with van der Waals surface area (Å²) >= 11 is 6.22. The molecule has 1 fully saturated rings. The number of rotatable bonds is 2. The number of fused-ring (bicyclic) bond motifs is 1. The number of hydrogen-bond donors (Lipinski definition) is 2. The van der Waals surface area contributed by atoms with Crippen LogP contribution in [0.1, 0.15) is 42.9 Å². The average molecular weight is 266 g/mol. The minimum absolute atomic E-state index is 0.00595. The fourth-order valence-corrected chi connectivity index (χ4v) is 3.30. The third kappa shape index (κ3) is 2.02. The summed E-state index contributed by atoms with van der Waals surface area (Å²) in [4.78, 5) is 11.3. The molecule has 0 spiro atoms. The summed E-state index contributed by atoms with van der Waals surface area (Å²) in [5, 5.41) is 13.7. The van der Waals surface area contributed by atoms with E-state index in [0.717, 1.165) is 29.7 Å². The molecule has 1 atom stereocenters. The van der Waals surface area contributed by atoms with Crippen molar-refractivity contribution in [1.82, 2.24) is 0 Å². The number of carbonyl (C=O) groups is 1. The van der Waals surface area contributed by atoms with E-state index in [1.807, 2.05) is 6.07 Å². The van der Waals surface area contributed by atoms with Crippen LogP contribution in [0.15, 0.2) is 12.1 Å². The highest BCUT2D eigenvalue weighted by Crippen LogP contribution is 2.40. The highest BCUT2D eigenvalue weighted by molar-refractivity contribution is 6.32. The summed E-state index contributed by atoms with van der Waals surface area (Å²) in [6.45, 7) is 0. The minimum atomic E-state index is -0.499. The second-order valence-corrected chi connectivity index (χ2v) is 5.65. The number of nitrogens with one attached hydrogen (secondary N) is 1. The highest BCUT2D eigenvalue weighted by Gasteiger charge is 2.28. The molecule has 1 unspecified atom stereocenters. The summed E-state index contributed by atoms with van der Waals surface area (Å²) in [6, 6.07) is 3.65. The van der Waals surface area contributed by atoms with Crippen LogP contribution in [0, 0.1) is 5.92 Å². The predicted molar refractivity (Wildman–Crippen MR) is 70.7 cm³/mol. The molecule has 1 aliphatic carbocycles. The second kappa shape index (κ2) is 4.56. The zero-order valence-corrected chi connectivity index (χ0v) is 10.8. The van der Waals surface area contributed by atoms with Crippen LogP contribution in [-0.2, 0) is 11.2 Å². The van der Waals surface area contributed by atoms with Crippen LogP contribution in [-0.4, -0.2) is 11.0 Å². The van der Waals surface area contributed by atoms with Crippen molar-refractivity contribution in [3.05, 3.63) is 28.3 Å². The van der Waals surface area contributed by atoms with Gasteiger partial charge in [0.2, 0.25) is 5.91 Å². The Balaban J connectivity index is 1.92. The molecule has 0 bridgehead atoms. The molecule has 0 saturated heterocycles. The van der Waals surface area contributed by atoms with Crippen LogP contribution in [0.3, 0.4) is 0 Å². The van der Waals surface area contributed by atoms with Gasteiger partial charge in [-0.3, -0.25) is 4.79 Å². The lowest BCUT2D eigenvalue weighted by molar-refractivity contribution is -0.115. The van der Waals surface area contributed by atoms with E-state index in [2.05, 4.69) is 5.32 Å². The Morgan fingerprint density at radius 3 is 2.78 bits per heavy atom. The molecule has 2 N–H and O–H groups in total. The van der Waals surface area contributed by atoms with Crippen molar-refractivity contribution in [1.29, 1.82) is 0 Å². The molecule has 1 heterocycles. The van der Waals surface area contributed by atoms with Crippen molar-refractivity contribution >= 4 is 23.2 Å². The molecule has 1 saturated carbocycles. The monoisotopic (exact) mass is 265 g/mol. The van der Waals surface area contributed by atoms with Gasteiger partial charge in [0.15, 0.2) is 0 Å². The van der Waals surface area contributed by atoms with Crippen molar-refractivity contribution in [3.8, 4) is 0 Å². The molecule has 4 heteroatoms. The lowest BCUT2D eigenvalue weighted by Gasteiger charge is -2.20. The first kappa shape index (κ1) is 12.0. The van der Waals surface area contributed by atoms with Gasteiger partial charge in [-0.05, 0) is 42.0 Å². The minimum Gasteiger partial charge on any atom is -0.388 e. The van der Waals surface area contributed by atoms with Crippen molar-refractivity contribution in [2.24, 2.45) is 5.92 Å². The van der Waals surface area contributed by atoms with Crippen LogP contribution < -0.4 is 5.32 Å². The topological polar surface area (TPSA) is 49.3 Å². The van der Waals surface area contributed by atoms with Crippen molar-refractivity contribution < 1.29 is 9.90 Å². The first-order chi connectivity index (χ1) is 8.65. The summed E-state index contributed by atoms with van der Waals surface area (Å²) in [5.74, 6) is 0.305. The fourth-order valence-electron chi connectivity index (χ4n) is 3.02. The van der Waals surface area contributed by atoms with Crippen LogP contribution >= 0.6 is 11.6 Å². The molecular weight excluding hydrogens is 250 g/mol. The van der Waals surface area contributed by atoms with Gasteiger partial charge in [0.05, 0.1) is 12.5 Å². The standard InChI is InChI=1S/C14H16ClNO2/c15-11-7-12-9(6-13(17)16-12)5-10(11)14(18)8-3-1-2-4-8/h5,7-8,14,18H,1-4,6H2,(H,16,17). The zero-order valence-electron chi connectivity index (χ0n) is 10.1. The van der Waals surface area contributed by atoms with E-state index in [1.165, 1.54) is 12.8 Å². The summed E-state index contributed by atoms with van der Waals surface area (Å²) < 4.78 is 0. The van der Waals surface area contributed by atoms with Gasteiger partial charge in [0.1, 0.15) is 0 Å². The largest absolute Gasteiger partial charge is 0.388 e. The maximum absolute atomic E-state index is 11.3. The Labute approximate surface area is 111 Å². The van der Waals surface area contributed by atoms with E-state index in [9.17, 15) is 9.90 Å². The van der Waals surface area contributed by atoms with E-state index in [0.29, 0.717) is 17.4 Å². The maximum atomic E-state index is 11.3. The Kier molecular flexibility index (Phi) is 3.04. The highest BCUT2D eigenvalue weighted by atomic mass is 35.5. The van der Waals surface area contributed by atoms with Crippen molar-refractivity contribution in [3.63, 3.8) is 0 Å². The maximum Gasteiger partial charge on any atom is 0.228 e. The van der Waals surface area contributed by atoms with Gasteiger partial charge >= 0.3 is 0 Å².